The van der Waals surface area contributed by atoms with Crippen molar-refractivity contribution in [3.05, 3.63) is 159 Å². The average Bonchev–Trinajstić information content (AvgIpc) is 3.03. The summed E-state index contributed by atoms with van der Waals surface area (Å²) >= 11 is 0. The van der Waals surface area contributed by atoms with E-state index < -0.39 is 85.9 Å². The molecule has 0 saturated heterocycles. The molecule has 0 saturated carbocycles. The summed E-state index contributed by atoms with van der Waals surface area (Å²) < 4.78 is 152. The maximum absolute atomic E-state index is 15.5. The summed E-state index contributed by atoms with van der Waals surface area (Å²) in [5, 5.41) is -1.56. The third-order valence-corrected chi connectivity index (χ3v) is 7.87. The first-order valence-electron chi connectivity index (χ1n) is 14.6. The molecule has 0 aromatic heterocycles. The lowest BCUT2D eigenvalue weighted by Gasteiger charge is -2.21. The number of benzene rings is 6. The lowest BCUT2D eigenvalue weighted by molar-refractivity contribution is -0.189. The molecule has 0 amide bonds. The molecule has 0 spiro atoms. The van der Waals surface area contributed by atoms with Gasteiger partial charge in [-0.25, -0.2) is 35.1 Å². The second-order valence-electron chi connectivity index (χ2n) is 11.4. The Morgan fingerprint density at radius 3 is 1.82 bits per heavy atom. The molecular weight excluding hydrogens is 674 g/mol. The quantitative estimate of drug-likeness (QED) is 0.0992. The van der Waals surface area contributed by atoms with Gasteiger partial charge in [-0.3, -0.25) is 0 Å². The fourth-order valence-electron chi connectivity index (χ4n) is 5.35. The van der Waals surface area contributed by atoms with Crippen LogP contribution in [0.2, 0.25) is 0 Å². The molecule has 0 aliphatic rings. The van der Waals surface area contributed by atoms with Gasteiger partial charge in [0.2, 0.25) is 0 Å². The molecule has 0 fully saturated rings. The minimum atomic E-state index is -4.84. The SMILES string of the molecule is Cc1ccc(C#Cc2cc(F)c(-c3cc(F)c4c(F)c(C(F)(F)Oc5ccc(-c6cc(F)c(F)c(F)c6)c(F)c5)c(F)cc4c3)cc2C)cc1. The molecule has 0 aliphatic heterocycles. The Morgan fingerprint density at radius 2 is 1.16 bits per heavy atom. The van der Waals surface area contributed by atoms with Crippen molar-refractivity contribution in [1.82, 2.24) is 0 Å². The van der Waals surface area contributed by atoms with Crippen molar-refractivity contribution in [2.24, 2.45) is 0 Å². The van der Waals surface area contributed by atoms with Gasteiger partial charge in [-0.05, 0) is 103 Å². The van der Waals surface area contributed by atoms with Crippen LogP contribution in [0.4, 0.5) is 43.9 Å². The first kappa shape index (κ1) is 34.1. The van der Waals surface area contributed by atoms with Crippen molar-refractivity contribution >= 4 is 10.8 Å². The minimum absolute atomic E-state index is 0.139. The summed E-state index contributed by atoms with van der Waals surface area (Å²) in [6, 6.07) is 14.8. The summed E-state index contributed by atoms with van der Waals surface area (Å²) in [7, 11) is 0. The van der Waals surface area contributed by atoms with Crippen molar-refractivity contribution in [2.45, 2.75) is 20.0 Å². The summed E-state index contributed by atoms with van der Waals surface area (Å²) in [5.41, 5.74) is -0.712. The topological polar surface area (TPSA) is 9.23 Å². The zero-order valence-electron chi connectivity index (χ0n) is 25.8. The van der Waals surface area contributed by atoms with Crippen LogP contribution in [-0.2, 0) is 6.11 Å². The number of rotatable bonds is 5. The third kappa shape index (κ3) is 6.49. The Balaban J connectivity index is 1.32. The second kappa shape index (κ2) is 12.9. The Bertz CT molecular complexity index is 2370. The largest absolute Gasteiger partial charge is 0.432 e. The van der Waals surface area contributed by atoms with E-state index in [2.05, 4.69) is 16.6 Å². The average molecular weight is 695 g/mol. The van der Waals surface area contributed by atoms with Gasteiger partial charge in [-0.1, -0.05) is 29.5 Å². The molecular formula is C39H20F10O. The summed E-state index contributed by atoms with van der Waals surface area (Å²) in [5.74, 6) is -7.72. The highest BCUT2D eigenvalue weighted by Crippen LogP contribution is 2.41. The normalized spacial score (nSPS) is 11.4. The molecule has 6 aromatic carbocycles. The van der Waals surface area contributed by atoms with Gasteiger partial charge in [0, 0.05) is 28.3 Å². The van der Waals surface area contributed by atoms with Gasteiger partial charge in [0.1, 0.15) is 40.4 Å². The second-order valence-corrected chi connectivity index (χ2v) is 11.4. The van der Waals surface area contributed by atoms with E-state index in [1.807, 2.05) is 19.1 Å². The van der Waals surface area contributed by atoms with Crippen LogP contribution in [0.1, 0.15) is 27.8 Å². The Kier molecular flexibility index (Phi) is 8.82. The summed E-state index contributed by atoms with van der Waals surface area (Å²) in [6.45, 7) is 3.55. The van der Waals surface area contributed by atoms with E-state index in [1.165, 1.54) is 6.07 Å². The molecule has 0 N–H and O–H groups in total. The molecule has 0 unspecified atom stereocenters. The third-order valence-electron chi connectivity index (χ3n) is 7.87. The monoisotopic (exact) mass is 694 g/mol. The molecule has 252 valence electrons. The van der Waals surface area contributed by atoms with Crippen molar-refractivity contribution in [3.63, 3.8) is 0 Å². The Hall–Kier alpha value is -5.76. The maximum atomic E-state index is 15.5. The molecule has 0 aliphatic carbocycles. The number of alkyl halides is 2. The molecule has 11 heteroatoms. The van der Waals surface area contributed by atoms with E-state index in [0.717, 1.165) is 23.8 Å². The summed E-state index contributed by atoms with van der Waals surface area (Å²) in [4.78, 5) is 0. The maximum Gasteiger partial charge on any atom is 0.432 e. The smallest absolute Gasteiger partial charge is 0.429 e. The number of aryl methyl sites for hydroxylation is 2. The lowest BCUT2D eigenvalue weighted by atomic mass is 9.95. The van der Waals surface area contributed by atoms with E-state index in [4.69, 9.17) is 0 Å². The standard InChI is InChI=1S/C39H20F10O/c1-19-3-5-21(6-4-19)7-8-22-13-29(40)28(11-20(22)2)23-12-25-17-32(43)36(38(47)35(25)31(42)14-23)39(48,49)50-26-9-10-27(30(41)18-26)24-15-33(44)37(46)34(45)16-24/h3-6,9-18H,1-2H3. The zero-order valence-corrected chi connectivity index (χ0v) is 25.8. The highest BCUT2D eigenvalue weighted by Gasteiger charge is 2.42. The molecule has 0 heterocycles. The fourth-order valence-corrected chi connectivity index (χ4v) is 5.35. The zero-order chi connectivity index (χ0) is 36.1. The molecule has 0 bridgehead atoms. The van der Waals surface area contributed by atoms with Gasteiger partial charge >= 0.3 is 6.11 Å². The van der Waals surface area contributed by atoms with E-state index in [9.17, 15) is 17.6 Å². The predicted octanol–water partition coefficient (Wildman–Crippen LogP) is 11.4. The van der Waals surface area contributed by atoms with Gasteiger partial charge < -0.3 is 4.74 Å². The van der Waals surface area contributed by atoms with Crippen LogP contribution in [0.25, 0.3) is 33.0 Å². The fraction of sp³-hybridized carbons (Fsp3) is 0.0769. The molecule has 6 aromatic rings. The first-order valence-corrected chi connectivity index (χ1v) is 14.6. The van der Waals surface area contributed by atoms with Crippen molar-refractivity contribution in [2.75, 3.05) is 0 Å². The van der Waals surface area contributed by atoms with E-state index in [0.29, 0.717) is 53.1 Å². The van der Waals surface area contributed by atoms with E-state index in [1.54, 1.807) is 19.1 Å². The van der Waals surface area contributed by atoms with Crippen LogP contribution in [0.3, 0.4) is 0 Å². The van der Waals surface area contributed by atoms with Crippen LogP contribution in [-0.4, -0.2) is 0 Å². The highest BCUT2D eigenvalue weighted by molar-refractivity contribution is 5.89. The van der Waals surface area contributed by atoms with Gasteiger partial charge in [0.05, 0.1) is 5.39 Å². The van der Waals surface area contributed by atoms with Gasteiger partial charge in [-0.2, -0.15) is 8.78 Å². The molecule has 1 nitrogen and oxygen atoms in total. The highest BCUT2D eigenvalue weighted by atomic mass is 19.3. The minimum Gasteiger partial charge on any atom is -0.429 e. The number of halogens is 10. The number of ether oxygens (including phenoxy) is 1. The van der Waals surface area contributed by atoms with Gasteiger partial charge in [0.15, 0.2) is 17.5 Å². The van der Waals surface area contributed by atoms with E-state index in [-0.39, 0.29) is 11.1 Å². The molecule has 50 heavy (non-hydrogen) atoms. The van der Waals surface area contributed by atoms with Crippen LogP contribution in [0, 0.1) is 72.2 Å². The Labute approximate surface area is 278 Å². The van der Waals surface area contributed by atoms with Crippen LogP contribution < -0.4 is 4.74 Å². The first-order chi connectivity index (χ1) is 23.6. The van der Waals surface area contributed by atoms with Gasteiger partial charge in [0.25, 0.3) is 0 Å². The lowest BCUT2D eigenvalue weighted by Crippen LogP contribution is -2.25. The van der Waals surface area contributed by atoms with Crippen LogP contribution >= 0.6 is 0 Å². The number of fused-ring (bicyclic) bond motifs is 1. The molecule has 6 rings (SSSR count). The van der Waals surface area contributed by atoms with E-state index >= 15 is 26.3 Å². The Morgan fingerprint density at radius 1 is 0.540 bits per heavy atom. The predicted molar refractivity (Wildman–Crippen MR) is 167 cm³/mol. The van der Waals surface area contributed by atoms with Crippen molar-refractivity contribution in [3.8, 4) is 39.8 Å². The van der Waals surface area contributed by atoms with Crippen molar-refractivity contribution < 1.29 is 48.6 Å². The van der Waals surface area contributed by atoms with Gasteiger partial charge in [-0.15, -0.1) is 0 Å². The van der Waals surface area contributed by atoms with Crippen molar-refractivity contribution in [1.29, 1.82) is 0 Å². The number of hydrogen-bond acceptors (Lipinski definition) is 1. The summed E-state index contributed by atoms with van der Waals surface area (Å²) in [6.07, 6.45) is -4.84. The number of hydrogen-bond donors (Lipinski definition) is 0. The van der Waals surface area contributed by atoms with Crippen LogP contribution in [0.15, 0.2) is 84.9 Å². The molecule has 0 atom stereocenters. The van der Waals surface area contributed by atoms with Crippen LogP contribution in [0.5, 0.6) is 5.75 Å². The molecule has 0 radical (unpaired) electrons.